The Labute approximate surface area is 66.1 Å². The van der Waals surface area contributed by atoms with Gasteiger partial charge in [-0.1, -0.05) is 6.42 Å². The summed E-state index contributed by atoms with van der Waals surface area (Å²) < 4.78 is 5.38. The molecule has 1 aliphatic heterocycles. The van der Waals surface area contributed by atoms with Crippen molar-refractivity contribution in [1.29, 1.82) is 0 Å². The van der Waals surface area contributed by atoms with Gasteiger partial charge in [-0.3, -0.25) is 4.79 Å². The average molecular weight is 155 g/mol. The highest BCUT2D eigenvalue weighted by atomic mass is 16.5. The minimum absolute atomic E-state index is 0.0283. The number of amides is 1. The summed E-state index contributed by atoms with van der Waals surface area (Å²) >= 11 is 0. The maximum Gasteiger partial charge on any atom is 0.246 e. The lowest BCUT2D eigenvalue weighted by Gasteiger charge is -2.35. The molecule has 0 radical (unpaired) electrons. The molecule has 3 nitrogen and oxygen atoms in total. The van der Waals surface area contributed by atoms with Gasteiger partial charge in [-0.2, -0.15) is 0 Å². The molecule has 1 amide bonds. The van der Waals surface area contributed by atoms with E-state index < -0.39 is 0 Å². The van der Waals surface area contributed by atoms with Gasteiger partial charge in [0.1, 0.15) is 6.61 Å². The van der Waals surface area contributed by atoms with Gasteiger partial charge in [0.2, 0.25) is 5.91 Å². The second-order valence-electron chi connectivity index (χ2n) is 3.34. The first-order valence-electron chi connectivity index (χ1n) is 4.24. The van der Waals surface area contributed by atoms with Crippen molar-refractivity contribution in [3.8, 4) is 0 Å². The summed E-state index contributed by atoms with van der Waals surface area (Å²) in [5, 5.41) is 2.82. The fraction of sp³-hybridized carbons (Fsp3) is 0.875. The first kappa shape index (κ1) is 7.10. The van der Waals surface area contributed by atoms with Crippen molar-refractivity contribution in [3.63, 3.8) is 0 Å². The second kappa shape index (κ2) is 2.81. The van der Waals surface area contributed by atoms with Gasteiger partial charge in [-0.25, -0.2) is 0 Å². The van der Waals surface area contributed by atoms with Crippen LogP contribution in [0.1, 0.15) is 19.3 Å². The third-order valence-electron chi connectivity index (χ3n) is 2.60. The lowest BCUT2D eigenvalue weighted by molar-refractivity contribution is -0.137. The maximum absolute atomic E-state index is 10.7. The number of nitrogens with one attached hydrogen (secondary N) is 1. The van der Waals surface area contributed by atoms with Crippen LogP contribution < -0.4 is 5.32 Å². The fourth-order valence-electron chi connectivity index (χ4n) is 1.62. The summed E-state index contributed by atoms with van der Waals surface area (Å²) in [5.41, 5.74) is 0. The summed E-state index contributed by atoms with van der Waals surface area (Å²) in [4.78, 5) is 10.7. The monoisotopic (exact) mass is 155 g/mol. The fourth-order valence-corrected chi connectivity index (χ4v) is 1.62. The molecule has 1 atom stereocenters. The van der Waals surface area contributed by atoms with Crippen molar-refractivity contribution in [1.82, 2.24) is 5.32 Å². The molecule has 1 heterocycles. The van der Waals surface area contributed by atoms with Crippen LogP contribution >= 0.6 is 0 Å². The van der Waals surface area contributed by atoms with E-state index in [2.05, 4.69) is 5.32 Å². The molecule has 3 heteroatoms. The van der Waals surface area contributed by atoms with E-state index in [1.807, 2.05) is 0 Å². The van der Waals surface area contributed by atoms with Gasteiger partial charge in [0.15, 0.2) is 0 Å². The van der Waals surface area contributed by atoms with Gasteiger partial charge in [0, 0.05) is 6.54 Å². The zero-order chi connectivity index (χ0) is 7.68. The number of carbonyl (C=O) groups excluding carboxylic acids is 1. The first-order valence-corrected chi connectivity index (χ1v) is 4.24. The van der Waals surface area contributed by atoms with Crippen molar-refractivity contribution < 1.29 is 9.53 Å². The average Bonchev–Trinajstić information content (AvgIpc) is 1.90. The van der Waals surface area contributed by atoms with Gasteiger partial charge in [-0.05, 0) is 18.8 Å². The predicted octanol–water partition coefficient (Wildman–Crippen LogP) is 0.301. The summed E-state index contributed by atoms with van der Waals surface area (Å²) in [7, 11) is 0. The summed E-state index contributed by atoms with van der Waals surface area (Å²) in [6, 6.07) is 0. The van der Waals surface area contributed by atoms with Gasteiger partial charge in [-0.15, -0.1) is 0 Å². The van der Waals surface area contributed by atoms with E-state index in [4.69, 9.17) is 4.74 Å². The van der Waals surface area contributed by atoms with Gasteiger partial charge in [0.25, 0.3) is 0 Å². The molecule has 0 aromatic heterocycles. The highest BCUT2D eigenvalue weighted by molar-refractivity contribution is 5.77. The predicted molar refractivity (Wildman–Crippen MR) is 40.1 cm³/mol. The van der Waals surface area contributed by atoms with Crippen LogP contribution in [0.15, 0.2) is 0 Å². The second-order valence-corrected chi connectivity index (χ2v) is 3.34. The maximum atomic E-state index is 10.7. The molecule has 62 valence electrons. The molecule has 1 unspecified atom stereocenters. The Morgan fingerprint density at radius 3 is 2.73 bits per heavy atom. The topological polar surface area (TPSA) is 38.3 Å². The lowest BCUT2D eigenvalue weighted by Crippen LogP contribution is -2.47. The molecule has 0 aromatic carbocycles. The summed E-state index contributed by atoms with van der Waals surface area (Å²) in [6.45, 7) is 0.991. The van der Waals surface area contributed by atoms with E-state index in [1.54, 1.807) is 0 Å². The Hall–Kier alpha value is -0.570. The van der Waals surface area contributed by atoms with Crippen LogP contribution in [0.2, 0.25) is 0 Å². The highest BCUT2D eigenvalue weighted by Crippen LogP contribution is 2.31. The Morgan fingerprint density at radius 2 is 2.27 bits per heavy atom. The van der Waals surface area contributed by atoms with Crippen molar-refractivity contribution in [2.75, 3.05) is 13.2 Å². The van der Waals surface area contributed by atoms with Crippen LogP contribution in [0.25, 0.3) is 0 Å². The van der Waals surface area contributed by atoms with E-state index in [-0.39, 0.29) is 12.5 Å². The molecule has 1 saturated carbocycles. The number of morpholine rings is 1. The smallest absolute Gasteiger partial charge is 0.246 e. The normalized spacial score (nSPS) is 32.7. The van der Waals surface area contributed by atoms with Crippen LogP contribution in [0, 0.1) is 5.92 Å². The van der Waals surface area contributed by atoms with Gasteiger partial charge < -0.3 is 10.1 Å². The first-order chi connectivity index (χ1) is 5.36. The third-order valence-corrected chi connectivity index (χ3v) is 2.60. The molecular formula is C8H13NO2. The molecule has 1 aliphatic carbocycles. The largest absolute Gasteiger partial charge is 0.366 e. The molecule has 0 bridgehead atoms. The van der Waals surface area contributed by atoms with Crippen molar-refractivity contribution in [2.45, 2.75) is 25.4 Å². The molecule has 0 aromatic rings. The minimum Gasteiger partial charge on any atom is -0.366 e. The number of hydrogen-bond donors (Lipinski definition) is 1. The van der Waals surface area contributed by atoms with Gasteiger partial charge in [0.05, 0.1) is 6.10 Å². The van der Waals surface area contributed by atoms with E-state index in [0.29, 0.717) is 6.10 Å². The van der Waals surface area contributed by atoms with Crippen molar-refractivity contribution in [3.05, 3.63) is 0 Å². The summed E-state index contributed by atoms with van der Waals surface area (Å²) in [5.74, 6) is 0.746. The van der Waals surface area contributed by atoms with Crippen LogP contribution in [-0.4, -0.2) is 25.2 Å². The standard InChI is InChI=1S/C8H13NO2/c10-8-5-11-7(4-9-8)6-2-1-3-6/h6-7H,1-5H2,(H,9,10). The third kappa shape index (κ3) is 1.38. The molecule has 1 saturated heterocycles. The molecule has 0 spiro atoms. The molecule has 2 aliphatic rings. The minimum atomic E-state index is 0.0283. The van der Waals surface area contributed by atoms with Crippen molar-refractivity contribution in [2.24, 2.45) is 5.92 Å². The van der Waals surface area contributed by atoms with E-state index >= 15 is 0 Å². The molecule has 2 fully saturated rings. The number of rotatable bonds is 1. The molecular weight excluding hydrogens is 142 g/mol. The van der Waals surface area contributed by atoms with Crippen LogP contribution in [0.3, 0.4) is 0 Å². The lowest BCUT2D eigenvalue weighted by atomic mass is 9.81. The molecule has 2 rings (SSSR count). The number of ether oxygens (including phenoxy) is 1. The molecule has 11 heavy (non-hydrogen) atoms. The van der Waals surface area contributed by atoms with Crippen LogP contribution in [0.5, 0.6) is 0 Å². The van der Waals surface area contributed by atoms with Crippen LogP contribution in [-0.2, 0) is 9.53 Å². The van der Waals surface area contributed by atoms with Gasteiger partial charge >= 0.3 is 0 Å². The highest BCUT2D eigenvalue weighted by Gasteiger charge is 2.30. The Morgan fingerprint density at radius 1 is 1.45 bits per heavy atom. The van der Waals surface area contributed by atoms with E-state index in [1.165, 1.54) is 19.3 Å². The van der Waals surface area contributed by atoms with E-state index in [9.17, 15) is 4.79 Å². The Bertz CT molecular complexity index is 155. The quantitative estimate of drug-likeness (QED) is 0.591. The van der Waals surface area contributed by atoms with Crippen LogP contribution in [0.4, 0.5) is 0 Å². The molecule has 1 N–H and O–H groups in total. The Kier molecular flexibility index (Phi) is 1.82. The van der Waals surface area contributed by atoms with E-state index in [0.717, 1.165) is 12.5 Å². The zero-order valence-corrected chi connectivity index (χ0v) is 6.51. The SMILES string of the molecule is O=C1COC(C2CCC2)CN1. The Balaban J connectivity index is 1.82. The summed E-state index contributed by atoms with van der Waals surface area (Å²) in [6.07, 6.45) is 4.20. The zero-order valence-electron chi connectivity index (χ0n) is 6.51. The number of carbonyl (C=O) groups is 1. The number of hydrogen-bond acceptors (Lipinski definition) is 2. The van der Waals surface area contributed by atoms with Crippen molar-refractivity contribution >= 4 is 5.91 Å².